The number of rotatable bonds is 2. The van der Waals surface area contributed by atoms with Crippen molar-refractivity contribution in [2.45, 2.75) is 0 Å². The Morgan fingerprint density at radius 3 is 2.18 bits per heavy atom. The van der Waals surface area contributed by atoms with E-state index in [1.165, 1.54) is 0 Å². The van der Waals surface area contributed by atoms with Crippen LogP contribution < -0.4 is 4.68 Å². The number of hydrogen-bond acceptors (Lipinski definition) is 2. The molecule has 82 valence electrons. The van der Waals surface area contributed by atoms with Gasteiger partial charge < -0.3 is 0 Å². The molecule has 2 aromatic carbocycles. The minimum atomic E-state index is 0.980. The first-order chi connectivity index (χ1) is 8.45. The number of tetrazole rings is 1. The predicted octanol–water partition coefficient (Wildman–Crippen LogP) is 1.54. The average Bonchev–Trinajstić information content (AvgIpc) is 2.90. The molecule has 0 radical (unpaired) electrons. The number of nitrogens with zero attached hydrogens (tertiary/aromatic N) is 4. The molecule has 0 atom stereocenters. The second kappa shape index (κ2) is 4.17. The van der Waals surface area contributed by atoms with Crippen molar-refractivity contribution >= 4 is 0 Å². The Bertz CT molecular complexity index is 548. The van der Waals surface area contributed by atoms with Crippen LogP contribution in [0.2, 0.25) is 0 Å². The van der Waals surface area contributed by atoms with E-state index in [1.807, 2.05) is 65.3 Å². The molecule has 3 rings (SSSR count). The monoisotopic (exact) mass is 223 g/mol. The fraction of sp³-hybridized carbons (Fsp3) is 0. The van der Waals surface area contributed by atoms with Crippen molar-refractivity contribution in [2.24, 2.45) is 0 Å². The Morgan fingerprint density at radius 2 is 1.47 bits per heavy atom. The van der Waals surface area contributed by atoms with E-state index in [9.17, 15) is 0 Å². The summed E-state index contributed by atoms with van der Waals surface area (Å²) in [5.41, 5.74) is 2.01. The SMILES string of the molecule is c1ccc(-n2nnc[n+]2-c2ccccc2)cc1. The van der Waals surface area contributed by atoms with Crippen LogP contribution in [0, 0.1) is 0 Å². The molecule has 3 aromatic rings. The van der Waals surface area contributed by atoms with E-state index < -0.39 is 0 Å². The molecule has 0 fully saturated rings. The van der Waals surface area contributed by atoms with Crippen molar-refractivity contribution < 1.29 is 4.68 Å². The molecule has 4 nitrogen and oxygen atoms in total. The summed E-state index contributed by atoms with van der Waals surface area (Å²) in [7, 11) is 0. The van der Waals surface area contributed by atoms with E-state index in [4.69, 9.17) is 0 Å². The fourth-order valence-electron chi connectivity index (χ4n) is 1.71. The molecule has 1 aromatic heterocycles. The normalized spacial score (nSPS) is 10.4. The Hall–Kier alpha value is -2.49. The average molecular weight is 223 g/mol. The molecular formula is C13H11N4+. The lowest BCUT2D eigenvalue weighted by atomic mass is 10.3. The molecule has 0 N–H and O–H groups in total. The van der Waals surface area contributed by atoms with Crippen LogP contribution in [-0.2, 0) is 0 Å². The van der Waals surface area contributed by atoms with Crippen LogP contribution in [0.25, 0.3) is 11.4 Å². The second-order valence-electron chi connectivity index (χ2n) is 3.63. The lowest BCUT2D eigenvalue weighted by Crippen LogP contribution is -2.39. The first-order valence-corrected chi connectivity index (χ1v) is 5.38. The lowest BCUT2D eigenvalue weighted by molar-refractivity contribution is -0.680. The van der Waals surface area contributed by atoms with E-state index in [1.54, 1.807) is 11.1 Å². The highest BCUT2D eigenvalue weighted by molar-refractivity contribution is 5.28. The van der Waals surface area contributed by atoms with Crippen LogP contribution in [0.3, 0.4) is 0 Å². The van der Waals surface area contributed by atoms with E-state index >= 15 is 0 Å². The molecule has 0 bridgehead atoms. The number of hydrogen-bond donors (Lipinski definition) is 0. The van der Waals surface area contributed by atoms with Crippen LogP contribution in [0.1, 0.15) is 0 Å². The summed E-state index contributed by atoms with van der Waals surface area (Å²) in [6, 6.07) is 19.9. The Balaban J connectivity index is 2.13. The van der Waals surface area contributed by atoms with Crippen molar-refractivity contribution in [3.63, 3.8) is 0 Å². The standard InChI is InChI=1S/C13H11N4/c1-3-7-12(8-4-1)16-11-14-15-17(16)13-9-5-2-6-10-13/h1-11H/q+1. The van der Waals surface area contributed by atoms with Gasteiger partial charge in [-0.15, -0.1) is 4.68 Å². The molecule has 0 aliphatic rings. The number of aromatic nitrogens is 4. The summed E-state index contributed by atoms with van der Waals surface area (Å²) in [4.78, 5) is 1.76. The van der Waals surface area contributed by atoms with Crippen molar-refractivity contribution in [2.75, 3.05) is 0 Å². The molecular weight excluding hydrogens is 212 g/mol. The molecule has 0 saturated heterocycles. The van der Waals surface area contributed by atoms with Gasteiger partial charge in [0.25, 0.3) is 6.33 Å². The number of benzene rings is 2. The summed E-state index contributed by atoms with van der Waals surface area (Å²) in [5.74, 6) is 0. The van der Waals surface area contributed by atoms with Gasteiger partial charge in [0.1, 0.15) is 16.5 Å². The van der Waals surface area contributed by atoms with Crippen molar-refractivity contribution in [3.05, 3.63) is 67.0 Å². The highest BCUT2D eigenvalue weighted by Gasteiger charge is 2.13. The molecule has 0 unspecified atom stereocenters. The van der Waals surface area contributed by atoms with Gasteiger partial charge in [0.05, 0.1) is 0 Å². The van der Waals surface area contributed by atoms with E-state index in [2.05, 4.69) is 10.3 Å². The van der Waals surface area contributed by atoms with Gasteiger partial charge in [-0.25, -0.2) is 0 Å². The van der Waals surface area contributed by atoms with Gasteiger partial charge in [-0.3, -0.25) is 0 Å². The van der Waals surface area contributed by atoms with Crippen molar-refractivity contribution in [1.29, 1.82) is 0 Å². The second-order valence-corrected chi connectivity index (χ2v) is 3.63. The van der Waals surface area contributed by atoms with Crippen LogP contribution in [0.5, 0.6) is 0 Å². The Kier molecular flexibility index (Phi) is 2.38. The zero-order chi connectivity index (χ0) is 11.5. The maximum Gasteiger partial charge on any atom is 0.294 e. The van der Waals surface area contributed by atoms with Crippen LogP contribution in [0.15, 0.2) is 67.0 Å². The van der Waals surface area contributed by atoms with Crippen LogP contribution >= 0.6 is 0 Å². The highest BCUT2D eigenvalue weighted by atomic mass is 15.6. The predicted molar refractivity (Wildman–Crippen MR) is 62.9 cm³/mol. The van der Waals surface area contributed by atoms with Gasteiger partial charge in [-0.1, -0.05) is 36.4 Å². The molecule has 17 heavy (non-hydrogen) atoms. The van der Waals surface area contributed by atoms with Gasteiger partial charge in [0.15, 0.2) is 5.21 Å². The zero-order valence-electron chi connectivity index (χ0n) is 9.14. The summed E-state index contributed by atoms with van der Waals surface area (Å²) in [5, 5.41) is 8.04. The van der Waals surface area contributed by atoms with E-state index in [0.29, 0.717) is 0 Å². The van der Waals surface area contributed by atoms with Crippen molar-refractivity contribution in [1.82, 2.24) is 15.1 Å². The maximum absolute atomic E-state index is 4.09. The third-order valence-corrected chi connectivity index (χ3v) is 2.51. The van der Waals surface area contributed by atoms with Crippen LogP contribution in [-0.4, -0.2) is 15.1 Å². The van der Waals surface area contributed by atoms with Gasteiger partial charge >= 0.3 is 0 Å². The molecule has 0 amide bonds. The summed E-state index contributed by atoms with van der Waals surface area (Å²) < 4.78 is 1.90. The maximum atomic E-state index is 4.09. The highest BCUT2D eigenvalue weighted by Crippen LogP contribution is 2.03. The third-order valence-electron chi connectivity index (χ3n) is 2.51. The van der Waals surface area contributed by atoms with Crippen LogP contribution in [0.4, 0.5) is 0 Å². The molecule has 0 aliphatic heterocycles. The van der Waals surface area contributed by atoms with Gasteiger partial charge in [0, 0.05) is 0 Å². The molecule has 1 heterocycles. The minimum absolute atomic E-state index is 0.980. The number of para-hydroxylation sites is 2. The van der Waals surface area contributed by atoms with E-state index in [-0.39, 0.29) is 0 Å². The smallest absolute Gasteiger partial charge is 0.122 e. The zero-order valence-corrected chi connectivity index (χ0v) is 9.14. The molecule has 4 heteroatoms. The fourth-order valence-corrected chi connectivity index (χ4v) is 1.71. The summed E-state index contributed by atoms with van der Waals surface area (Å²) >= 11 is 0. The largest absolute Gasteiger partial charge is 0.294 e. The first kappa shape index (κ1) is 9.72. The molecule has 0 aliphatic carbocycles. The van der Waals surface area contributed by atoms with Crippen molar-refractivity contribution in [3.8, 4) is 11.4 Å². The lowest BCUT2D eigenvalue weighted by Gasteiger charge is -2.01. The Morgan fingerprint density at radius 1 is 0.824 bits per heavy atom. The quantitative estimate of drug-likeness (QED) is 0.618. The molecule has 0 spiro atoms. The molecule has 0 saturated carbocycles. The summed E-state index contributed by atoms with van der Waals surface area (Å²) in [6.45, 7) is 0. The Labute approximate surface area is 98.7 Å². The van der Waals surface area contributed by atoms with Gasteiger partial charge in [-0.2, -0.15) is 0 Å². The minimum Gasteiger partial charge on any atom is -0.122 e. The summed E-state index contributed by atoms with van der Waals surface area (Å²) in [6.07, 6.45) is 1.70. The topological polar surface area (TPSA) is 34.6 Å². The van der Waals surface area contributed by atoms with Gasteiger partial charge in [0.2, 0.25) is 0 Å². The first-order valence-electron chi connectivity index (χ1n) is 5.38. The van der Waals surface area contributed by atoms with Gasteiger partial charge in [-0.05, 0) is 29.1 Å². The third kappa shape index (κ3) is 1.80. The van der Waals surface area contributed by atoms with E-state index in [0.717, 1.165) is 11.4 Å².